The lowest BCUT2D eigenvalue weighted by Gasteiger charge is -2.49. The molecule has 0 radical (unpaired) electrons. The van der Waals surface area contributed by atoms with Gasteiger partial charge in [0, 0.05) is 45.4 Å². The van der Waals surface area contributed by atoms with Gasteiger partial charge < -0.3 is 25.7 Å². The molecule has 1 saturated heterocycles. The van der Waals surface area contributed by atoms with Crippen LogP contribution in [0, 0.1) is 6.92 Å². The maximum atomic E-state index is 16.1. The number of primary amides is 1. The fourth-order valence-electron chi connectivity index (χ4n) is 5.17. The quantitative estimate of drug-likeness (QED) is 0.476. The summed E-state index contributed by atoms with van der Waals surface area (Å²) in [5, 5.41) is 7.02. The second kappa shape index (κ2) is 11.3. The van der Waals surface area contributed by atoms with Crippen LogP contribution in [-0.4, -0.2) is 91.5 Å². The average molecular weight is 512 g/mol. The van der Waals surface area contributed by atoms with Gasteiger partial charge in [-0.25, -0.2) is 4.39 Å². The molecule has 3 N–H and O–H groups in total. The minimum absolute atomic E-state index is 0.0766. The SMILES string of the molecule is Cc1c(CN2C=NOC2C(N)=O)cccc1C1(N2CCNCC2C(=O)C=CCN(C)C)CC=NC=C1F. The summed E-state index contributed by atoms with van der Waals surface area (Å²) in [6.07, 6.45) is 7.07. The van der Waals surface area contributed by atoms with Crippen LogP contribution in [0.1, 0.15) is 23.1 Å². The first-order chi connectivity index (χ1) is 17.8. The highest BCUT2D eigenvalue weighted by molar-refractivity contribution is 5.94. The summed E-state index contributed by atoms with van der Waals surface area (Å²) in [5.41, 5.74) is 6.70. The molecule has 3 heterocycles. The van der Waals surface area contributed by atoms with Gasteiger partial charge in [-0.15, -0.1) is 0 Å². The van der Waals surface area contributed by atoms with Crippen molar-refractivity contribution in [1.29, 1.82) is 0 Å². The molecule has 0 aliphatic carbocycles. The fourth-order valence-corrected chi connectivity index (χ4v) is 5.17. The van der Waals surface area contributed by atoms with Gasteiger partial charge in [-0.2, -0.15) is 0 Å². The van der Waals surface area contributed by atoms with Gasteiger partial charge in [0.05, 0.1) is 12.2 Å². The molecule has 198 valence electrons. The number of nitrogens with two attached hydrogens (primary N) is 1. The third-order valence-corrected chi connectivity index (χ3v) is 7.04. The number of halogens is 1. The monoisotopic (exact) mass is 511 g/mol. The Bertz CT molecular complexity index is 1150. The maximum Gasteiger partial charge on any atom is 0.282 e. The van der Waals surface area contributed by atoms with Crippen LogP contribution in [0.5, 0.6) is 0 Å². The van der Waals surface area contributed by atoms with Gasteiger partial charge in [0.1, 0.15) is 17.7 Å². The highest BCUT2D eigenvalue weighted by atomic mass is 19.1. The summed E-state index contributed by atoms with van der Waals surface area (Å²) in [4.78, 5) is 39.8. The minimum atomic E-state index is -1.20. The van der Waals surface area contributed by atoms with Gasteiger partial charge in [0.25, 0.3) is 12.1 Å². The standard InChI is InChI=1S/C26H34FN7O3/c1-18-19(16-33-17-31-37-25(33)24(28)36)6-4-7-20(18)26(9-10-29-15-23(26)27)34-13-11-30-14-21(34)22(35)8-5-12-32(2)3/h4-8,10,15,17,21,25,30H,9,11-14,16H2,1-3H3,(H2,28,36). The molecule has 1 aromatic rings. The molecular formula is C26H34FN7O3. The van der Waals surface area contributed by atoms with Gasteiger partial charge in [-0.05, 0) is 43.8 Å². The molecule has 10 nitrogen and oxygen atoms in total. The normalized spacial score (nSPS) is 26.1. The summed E-state index contributed by atoms with van der Waals surface area (Å²) < 4.78 is 16.1. The Balaban J connectivity index is 1.73. The van der Waals surface area contributed by atoms with E-state index in [4.69, 9.17) is 10.6 Å². The Morgan fingerprint density at radius 1 is 1.38 bits per heavy atom. The molecule has 0 spiro atoms. The number of rotatable bonds is 9. The van der Waals surface area contributed by atoms with Crippen LogP contribution in [0.2, 0.25) is 0 Å². The molecule has 0 bridgehead atoms. The van der Waals surface area contributed by atoms with E-state index in [1.807, 2.05) is 55.1 Å². The zero-order valence-corrected chi connectivity index (χ0v) is 21.4. The molecule has 0 saturated carbocycles. The molecule has 11 heteroatoms. The molecule has 3 atom stereocenters. The van der Waals surface area contributed by atoms with Crippen LogP contribution in [0.3, 0.4) is 0 Å². The number of aliphatic imine (C=N–C) groups is 1. The first-order valence-corrected chi connectivity index (χ1v) is 12.3. The molecule has 1 aromatic carbocycles. The number of nitrogens with zero attached hydrogens (tertiary/aromatic N) is 5. The Hall–Kier alpha value is -3.41. The van der Waals surface area contributed by atoms with Crippen LogP contribution in [0.25, 0.3) is 0 Å². The second-order valence-corrected chi connectivity index (χ2v) is 9.70. The first-order valence-electron chi connectivity index (χ1n) is 12.3. The molecule has 1 fully saturated rings. The topological polar surface area (TPSA) is 116 Å². The van der Waals surface area contributed by atoms with Gasteiger partial charge in [-0.3, -0.25) is 19.5 Å². The number of carbonyl (C=O) groups excluding carboxylic acids is 2. The number of carbonyl (C=O) groups is 2. The van der Waals surface area contributed by atoms with Crippen molar-refractivity contribution in [2.24, 2.45) is 15.9 Å². The number of hydrogen-bond acceptors (Lipinski definition) is 9. The Kier molecular flexibility index (Phi) is 8.16. The number of piperazine rings is 1. The van der Waals surface area contributed by atoms with E-state index < -0.39 is 29.5 Å². The van der Waals surface area contributed by atoms with Crippen molar-refractivity contribution in [2.45, 2.75) is 37.7 Å². The molecule has 4 rings (SSSR count). The van der Waals surface area contributed by atoms with E-state index in [1.165, 1.54) is 12.5 Å². The minimum Gasteiger partial charge on any atom is -0.365 e. The molecule has 3 aliphatic rings. The van der Waals surface area contributed by atoms with Crippen molar-refractivity contribution in [3.8, 4) is 0 Å². The molecule has 1 amide bonds. The van der Waals surface area contributed by atoms with Gasteiger partial charge >= 0.3 is 0 Å². The predicted molar refractivity (Wildman–Crippen MR) is 139 cm³/mol. The Labute approximate surface area is 216 Å². The lowest BCUT2D eigenvalue weighted by atomic mass is 9.77. The van der Waals surface area contributed by atoms with E-state index in [-0.39, 0.29) is 12.2 Å². The van der Waals surface area contributed by atoms with E-state index in [9.17, 15) is 9.59 Å². The van der Waals surface area contributed by atoms with E-state index >= 15 is 4.39 Å². The molecular weight excluding hydrogens is 477 g/mol. The average Bonchev–Trinajstić information content (AvgIpc) is 3.34. The van der Waals surface area contributed by atoms with Crippen LogP contribution in [0.15, 0.2) is 52.5 Å². The van der Waals surface area contributed by atoms with Crippen molar-refractivity contribution in [3.63, 3.8) is 0 Å². The largest absolute Gasteiger partial charge is 0.365 e. The van der Waals surface area contributed by atoms with Crippen molar-refractivity contribution in [2.75, 3.05) is 40.3 Å². The van der Waals surface area contributed by atoms with Crippen molar-refractivity contribution >= 4 is 24.2 Å². The molecule has 3 aliphatic heterocycles. The number of oxime groups is 1. The number of benzene rings is 1. The number of ketones is 1. The van der Waals surface area contributed by atoms with E-state index in [0.29, 0.717) is 32.7 Å². The number of likely N-dealkylation sites (N-methyl/N-ethyl adjacent to an activating group) is 1. The first kappa shape index (κ1) is 26.6. The molecule has 0 aromatic heterocycles. The zero-order valence-electron chi connectivity index (χ0n) is 21.4. The summed E-state index contributed by atoms with van der Waals surface area (Å²) in [6.45, 7) is 4.37. The lowest BCUT2D eigenvalue weighted by molar-refractivity contribution is -0.135. The smallest absolute Gasteiger partial charge is 0.282 e. The van der Waals surface area contributed by atoms with Gasteiger partial charge in [-0.1, -0.05) is 29.4 Å². The molecule has 3 unspecified atom stereocenters. The Morgan fingerprint density at radius 2 is 2.19 bits per heavy atom. The van der Waals surface area contributed by atoms with E-state index in [0.717, 1.165) is 16.7 Å². The summed E-state index contributed by atoms with van der Waals surface area (Å²) in [7, 11) is 3.86. The number of amides is 1. The second-order valence-electron chi connectivity index (χ2n) is 9.70. The highest BCUT2D eigenvalue weighted by Gasteiger charge is 2.49. The van der Waals surface area contributed by atoms with Crippen molar-refractivity contribution in [1.82, 2.24) is 20.0 Å². The number of nitrogens with one attached hydrogen (secondary N) is 1. The van der Waals surface area contributed by atoms with Crippen LogP contribution in [0.4, 0.5) is 4.39 Å². The third kappa shape index (κ3) is 5.34. The zero-order chi connectivity index (χ0) is 26.6. The fraction of sp³-hybridized carbons (Fsp3) is 0.462. The lowest BCUT2D eigenvalue weighted by Crippen LogP contribution is -2.63. The highest BCUT2D eigenvalue weighted by Crippen LogP contribution is 2.45. The van der Waals surface area contributed by atoms with E-state index in [2.05, 4.69) is 15.5 Å². The summed E-state index contributed by atoms with van der Waals surface area (Å²) in [5.74, 6) is -1.13. The third-order valence-electron chi connectivity index (χ3n) is 7.04. The summed E-state index contributed by atoms with van der Waals surface area (Å²) in [6, 6.07) is 5.12. The maximum absolute atomic E-state index is 16.1. The number of hydrogen-bond donors (Lipinski definition) is 2. The van der Waals surface area contributed by atoms with Crippen LogP contribution >= 0.6 is 0 Å². The van der Waals surface area contributed by atoms with Crippen LogP contribution < -0.4 is 11.1 Å². The van der Waals surface area contributed by atoms with Gasteiger partial charge in [0.2, 0.25) is 0 Å². The van der Waals surface area contributed by atoms with Gasteiger partial charge in [0.15, 0.2) is 5.78 Å². The molecule has 37 heavy (non-hydrogen) atoms. The predicted octanol–water partition coefficient (Wildman–Crippen LogP) is 1.02. The van der Waals surface area contributed by atoms with Crippen molar-refractivity contribution in [3.05, 3.63) is 59.1 Å². The van der Waals surface area contributed by atoms with E-state index in [1.54, 1.807) is 17.2 Å². The van der Waals surface area contributed by atoms with Crippen LogP contribution in [-0.2, 0) is 26.5 Å². The summed E-state index contributed by atoms with van der Waals surface area (Å²) >= 11 is 0. The van der Waals surface area contributed by atoms with Crippen molar-refractivity contribution < 1.29 is 18.8 Å². The Morgan fingerprint density at radius 3 is 2.92 bits per heavy atom.